The highest BCUT2D eigenvalue weighted by Gasteiger charge is 2.24. The van der Waals surface area contributed by atoms with Crippen LogP contribution >= 0.6 is 0 Å². The van der Waals surface area contributed by atoms with Crippen molar-refractivity contribution in [1.29, 1.82) is 0 Å². The lowest BCUT2D eigenvalue weighted by molar-refractivity contribution is -0.385. The molecular formula is C24H26N10O19S5. The molecule has 29 nitrogen and oxygen atoms in total. The van der Waals surface area contributed by atoms with Gasteiger partial charge in [0.1, 0.15) is 37.4 Å². The third-order valence-electron chi connectivity index (χ3n) is 6.51. The lowest BCUT2D eigenvalue weighted by Gasteiger charge is -2.13. The molecule has 0 aliphatic heterocycles. The van der Waals surface area contributed by atoms with Crippen molar-refractivity contribution in [3.63, 3.8) is 0 Å². The van der Waals surface area contributed by atoms with Gasteiger partial charge in [-0.1, -0.05) is 0 Å². The Hall–Kier alpha value is -5.85. The molecule has 0 fully saturated rings. The fourth-order valence-corrected chi connectivity index (χ4v) is 6.66. The molecule has 58 heavy (non-hydrogen) atoms. The van der Waals surface area contributed by atoms with E-state index in [4.69, 9.17) is 14.8 Å². The van der Waals surface area contributed by atoms with Gasteiger partial charge in [-0.05, 0) is 30.3 Å². The smallest absolute Gasteiger partial charge is 0.319 e. The summed E-state index contributed by atoms with van der Waals surface area (Å²) in [6.07, 6.45) is 0. The molecular weight excluding hydrogens is 893 g/mol. The van der Waals surface area contributed by atoms with Gasteiger partial charge in [0.15, 0.2) is 0 Å². The molecule has 0 spiro atoms. The zero-order valence-corrected chi connectivity index (χ0v) is 32.3. The van der Waals surface area contributed by atoms with Crippen LogP contribution in [0.5, 0.6) is 0 Å². The number of hydrogen-bond donors (Lipinski definition) is 10. The summed E-state index contributed by atoms with van der Waals surface area (Å²) in [7, 11) is -25.0. The molecule has 0 bridgehead atoms. The quantitative estimate of drug-likeness (QED) is 0.0322. The van der Waals surface area contributed by atoms with Crippen LogP contribution in [0.2, 0.25) is 0 Å². The number of rotatable bonds is 16. The van der Waals surface area contributed by atoms with Gasteiger partial charge in [-0.2, -0.15) is 42.1 Å². The fourth-order valence-electron chi connectivity index (χ4n) is 4.06. The van der Waals surface area contributed by atoms with Gasteiger partial charge < -0.3 is 27.0 Å². The van der Waals surface area contributed by atoms with Gasteiger partial charge in [0.25, 0.3) is 56.3 Å². The average Bonchev–Trinajstić information content (AvgIpc) is 3.04. The molecule has 0 aromatic heterocycles. The van der Waals surface area contributed by atoms with Crippen molar-refractivity contribution < 1.29 is 79.4 Å². The number of carbonyl (C=O) groups is 2. The van der Waals surface area contributed by atoms with E-state index in [0.29, 0.717) is 36.4 Å². The van der Waals surface area contributed by atoms with Crippen LogP contribution in [0.25, 0.3) is 0 Å². The highest BCUT2D eigenvalue weighted by molar-refractivity contribution is 7.87. The lowest BCUT2D eigenvalue weighted by atomic mass is 10.2. The molecule has 3 aromatic rings. The zero-order chi connectivity index (χ0) is 44.0. The summed E-state index contributed by atoms with van der Waals surface area (Å²) < 4.78 is 164. The number of nitro benzene ring substituents is 1. The van der Waals surface area contributed by atoms with Crippen LogP contribution in [0.1, 0.15) is 0 Å². The molecule has 3 rings (SSSR count). The molecule has 0 saturated carbocycles. The van der Waals surface area contributed by atoms with Gasteiger partial charge in [-0.3, -0.25) is 32.9 Å². The van der Waals surface area contributed by atoms with Gasteiger partial charge in [-0.15, -0.1) is 20.5 Å². The topological polar surface area (TPSA) is 473 Å². The predicted octanol–water partition coefficient (Wildman–Crippen LogP) is 1.77. The van der Waals surface area contributed by atoms with Crippen molar-refractivity contribution in [3.05, 3.63) is 52.6 Å². The van der Waals surface area contributed by atoms with Gasteiger partial charge in [0, 0.05) is 25.2 Å². The Morgan fingerprint density at radius 1 is 0.586 bits per heavy atom. The highest BCUT2D eigenvalue weighted by atomic mass is 32.2. The Kier molecular flexibility index (Phi) is 14.2. The van der Waals surface area contributed by atoms with Crippen molar-refractivity contribution >= 4 is 108 Å². The second-order valence-electron chi connectivity index (χ2n) is 10.8. The van der Waals surface area contributed by atoms with E-state index in [-0.39, 0.29) is 0 Å². The average molecular weight is 919 g/mol. The number of nitrogens with one attached hydrogen (secondary N) is 4. The Bertz CT molecular complexity index is 2800. The monoisotopic (exact) mass is 918 g/mol. The third kappa shape index (κ3) is 14.0. The summed E-state index contributed by atoms with van der Waals surface area (Å²) in [6, 6.07) is 1.51. The normalized spacial score (nSPS) is 12.7. The summed E-state index contributed by atoms with van der Waals surface area (Å²) in [4.78, 5) is 31.8. The molecule has 0 radical (unpaired) electrons. The summed E-state index contributed by atoms with van der Waals surface area (Å²) >= 11 is 0. The fraction of sp³-hybridized carbons (Fsp3) is 0.167. The maximum atomic E-state index is 12.7. The standard InChI is InChI=1S/C24H26N10O19S5/c25-13-8-15(28-23(35)26-3-5-54(39,40)41)17(10-20(13)56(45,46)47)32-33-19-9-16(29-24(36)27-4-6-55(42,43)44)18(11-22(19)58(51,52)53)31-30-14-2-1-12(34(37)38)7-21(14)57(48,49)50/h1-2,7-11H,3-6,25H2,(H2,26,28,35)(H2,27,29,36)(H,39,40,41)(H,42,43,44)(H,45,46,47)(H,48,49,50)(H,51,52,53). The second kappa shape index (κ2) is 17.7. The largest absolute Gasteiger partial charge is 0.398 e. The minimum atomic E-state index is -5.45. The first-order valence-electron chi connectivity index (χ1n) is 14.6. The van der Waals surface area contributed by atoms with E-state index >= 15 is 0 Å². The van der Waals surface area contributed by atoms with Crippen LogP contribution in [-0.4, -0.2) is 106 Å². The molecule has 11 N–H and O–H groups in total. The first-order chi connectivity index (χ1) is 26.4. The zero-order valence-electron chi connectivity index (χ0n) is 28.2. The third-order valence-corrected chi connectivity index (χ3v) is 10.6. The molecule has 4 amide bonds. The van der Waals surface area contributed by atoms with Crippen molar-refractivity contribution in [1.82, 2.24) is 10.6 Å². The van der Waals surface area contributed by atoms with Gasteiger partial charge in [-0.25, -0.2) is 9.59 Å². The Balaban J connectivity index is 2.27. The van der Waals surface area contributed by atoms with Gasteiger partial charge in [0.2, 0.25) is 0 Å². The number of nitrogen functional groups attached to an aromatic ring is 1. The molecule has 3 aromatic carbocycles. The first-order valence-corrected chi connectivity index (χ1v) is 22.1. The van der Waals surface area contributed by atoms with Crippen LogP contribution in [0, 0.1) is 10.1 Å². The number of urea groups is 2. The van der Waals surface area contributed by atoms with Crippen molar-refractivity contribution in [3.8, 4) is 0 Å². The molecule has 34 heteroatoms. The van der Waals surface area contributed by atoms with E-state index in [1.807, 2.05) is 10.6 Å². The number of anilines is 3. The first kappa shape index (κ1) is 46.5. The van der Waals surface area contributed by atoms with Crippen LogP contribution in [0.15, 0.2) is 77.6 Å². The Labute approximate surface area is 325 Å². The van der Waals surface area contributed by atoms with Gasteiger partial charge in [0.05, 0.1) is 33.5 Å². The maximum absolute atomic E-state index is 12.7. The summed E-state index contributed by atoms with van der Waals surface area (Å²) in [5.74, 6) is -1.95. The van der Waals surface area contributed by atoms with E-state index in [2.05, 4.69) is 31.1 Å². The predicted molar refractivity (Wildman–Crippen MR) is 195 cm³/mol. The van der Waals surface area contributed by atoms with Crippen LogP contribution in [0.4, 0.5) is 55.1 Å². The van der Waals surface area contributed by atoms with E-state index in [0.717, 1.165) is 6.07 Å². The number of carbonyl (C=O) groups excluding carboxylic acids is 2. The second-order valence-corrected chi connectivity index (χ2v) is 18.1. The van der Waals surface area contributed by atoms with Crippen molar-refractivity contribution in [2.75, 3.05) is 41.0 Å². The SMILES string of the molecule is Nc1cc(NC(=O)NCCS(=O)(=O)O)c(N=Nc2cc(NC(=O)NCCS(=O)(=O)O)c(N=Nc3ccc([N+](=O)[O-])cc3S(=O)(=O)O)cc2S(=O)(=O)O)cc1S(=O)(=O)O. The van der Waals surface area contributed by atoms with Crippen LogP contribution in [0.3, 0.4) is 0 Å². The van der Waals surface area contributed by atoms with Crippen molar-refractivity contribution in [2.45, 2.75) is 14.7 Å². The Morgan fingerprint density at radius 3 is 1.41 bits per heavy atom. The maximum Gasteiger partial charge on any atom is 0.319 e. The van der Waals surface area contributed by atoms with Gasteiger partial charge >= 0.3 is 12.1 Å². The molecule has 0 aliphatic carbocycles. The minimum absolute atomic E-state index is 0.384. The minimum Gasteiger partial charge on any atom is -0.398 e. The summed E-state index contributed by atoms with van der Waals surface area (Å²) in [5, 5.41) is 33.7. The lowest BCUT2D eigenvalue weighted by Crippen LogP contribution is -2.32. The van der Waals surface area contributed by atoms with Crippen molar-refractivity contribution in [2.24, 2.45) is 20.5 Å². The number of amides is 4. The number of nitrogens with two attached hydrogens (primary N) is 1. The van der Waals surface area contributed by atoms with E-state index in [1.165, 1.54) is 0 Å². The molecule has 316 valence electrons. The number of benzene rings is 3. The molecule has 0 saturated heterocycles. The van der Waals surface area contributed by atoms with E-state index in [1.54, 1.807) is 0 Å². The highest BCUT2D eigenvalue weighted by Crippen LogP contribution is 2.40. The number of nitrogens with zero attached hydrogens (tertiary/aromatic N) is 5. The number of non-ortho nitro benzene ring substituents is 1. The summed E-state index contributed by atoms with van der Waals surface area (Å²) in [6.45, 7) is -1.40. The molecule has 0 unspecified atom stereocenters. The number of hydrogen-bond acceptors (Lipinski definition) is 19. The number of azo groups is 2. The van der Waals surface area contributed by atoms with Crippen LogP contribution < -0.4 is 27.0 Å². The van der Waals surface area contributed by atoms with E-state index < -0.39 is 152 Å². The molecule has 0 aliphatic rings. The summed E-state index contributed by atoms with van der Waals surface area (Å²) in [5.41, 5.74) is -0.417. The Morgan fingerprint density at radius 2 is 0.983 bits per heavy atom. The molecule has 0 heterocycles. The number of nitro groups is 1. The molecule has 0 atom stereocenters. The van der Waals surface area contributed by atoms with E-state index in [9.17, 15) is 75.5 Å². The van der Waals surface area contributed by atoms with Crippen LogP contribution in [-0.2, 0) is 50.6 Å².